The normalized spacial score (nSPS) is 14.8. The van der Waals surface area contributed by atoms with Crippen LogP contribution in [-0.4, -0.2) is 44.3 Å². The van der Waals surface area contributed by atoms with Crippen LogP contribution in [0.3, 0.4) is 0 Å². The molecule has 1 aromatic carbocycles. The predicted octanol–water partition coefficient (Wildman–Crippen LogP) is 6.71. The van der Waals surface area contributed by atoms with Gasteiger partial charge in [-0.15, -0.1) is 0 Å². The molecule has 0 fully saturated rings. The highest BCUT2D eigenvalue weighted by Crippen LogP contribution is 2.38. The van der Waals surface area contributed by atoms with E-state index in [1.165, 1.54) is 11.3 Å². The van der Waals surface area contributed by atoms with E-state index in [1.54, 1.807) is 31.2 Å². The Hall–Kier alpha value is -1.79. The summed E-state index contributed by atoms with van der Waals surface area (Å²) in [4.78, 5) is 13.1. The maximum atomic E-state index is 13.6. The lowest BCUT2D eigenvalue weighted by Gasteiger charge is -2.37. The summed E-state index contributed by atoms with van der Waals surface area (Å²) in [5.74, 6) is 0.779. The highest BCUT2D eigenvalue weighted by molar-refractivity contribution is 7.91. The van der Waals surface area contributed by atoms with Gasteiger partial charge in [-0.25, -0.2) is 13.4 Å². The number of nitrogens with two attached hydrogens (primary N) is 1. The standard InChI is InChI=1S/C25H38ClN5O3S2Si/c1-15(2)13-17(14-34-37(7,8)25(4,5)6)28-21-20-22(29-23(27)35-20)31-24(30-21)36(32,33)16(3)18-11-9-10-12-19(18)26/h9-12,15-17H,13-14H2,1-8H3,(H3,27,28,29,30,31)/t16?,17-/m1/s1. The number of hydrogen-bond acceptors (Lipinski definition) is 9. The van der Waals surface area contributed by atoms with Gasteiger partial charge >= 0.3 is 0 Å². The van der Waals surface area contributed by atoms with Crippen LogP contribution < -0.4 is 11.1 Å². The summed E-state index contributed by atoms with van der Waals surface area (Å²) in [5.41, 5.74) is 6.73. The smallest absolute Gasteiger partial charge is 0.251 e. The molecule has 3 aromatic rings. The maximum Gasteiger partial charge on any atom is 0.251 e. The zero-order valence-electron chi connectivity index (χ0n) is 22.8. The van der Waals surface area contributed by atoms with E-state index in [0.717, 1.165) is 6.42 Å². The largest absolute Gasteiger partial charge is 0.415 e. The fraction of sp³-hybridized carbons (Fsp3) is 0.560. The van der Waals surface area contributed by atoms with Crippen molar-refractivity contribution in [2.24, 2.45) is 5.92 Å². The Kier molecular flexibility index (Phi) is 8.95. The Balaban J connectivity index is 2.02. The number of fused-ring (bicyclic) bond motifs is 1. The van der Waals surface area contributed by atoms with Gasteiger partial charge in [0.15, 0.2) is 24.9 Å². The molecule has 2 atom stereocenters. The van der Waals surface area contributed by atoms with E-state index in [2.05, 4.69) is 68.0 Å². The fourth-order valence-corrected chi connectivity index (χ4v) is 7.06. The molecule has 8 nitrogen and oxygen atoms in total. The Labute approximate surface area is 230 Å². The molecule has 0 radical (unpaired) electrons. The van der Waals surface area contributed by atoms with Gasteiger partial charge in [0, 0.05) is 11.1 Å². The zero-order valence-corrected chi connectivity index (χ0v) is 26.2. The Bertz CT molecular complexity index is 1360. The van der Waals surface area contributed by atoms with Crippen molar-refractivity contribution in [1.29, 1.82) is 0 Å². The first-order chi connectivity index (χ1) is 17.0. The third-order valence-corrected chi connectivity index (χ3v) is 14.5. The molecule has 1 unspecified atom stereocenters. The Morgan fingerprint density at radius 1 is 1.14 bits per heavy atom. The first kappa shape index (κ1) is 29.8. The number of hydrogen-bond donors (Lipinski definition) is 2. The van der Waals surface area contributed by atoms with Crippen molar-refractivity contribution in [3.8, 4) is 0 Å². The molecule has 2 heterocycles. The topological polar surface area (TPSA) is 120 Å². The van der Waals surface area contributed by atoms with Crippen LogP contribution in [0.2, 0.25) is 23.2 Å². The summed E-state index contributed by atoms with van der Waals surface area (Å²) in [6.07, 6.45) is 0.812. The first-order valence-electron chi connectivity index (χ1n) is 12.4. The molecule has 37 heavy (non-hydrogen) atoms. The van der Waals surface area contributed by atoms with Gasteiger partial charge in [-0.1, -0.05) is 75.8 Å². The van der Waals surface area contributed by atoms with Crippen LogP contribution in [0.4, 0.5) is 10.9 Å². The van der Waals surface area contributed by atoms with Gasteiger partial charge in [0.2, 0.25) is 9.84 Å². The van der Waals surface area contributed by atoms with E-state index in [0.29, 0.717) is 38.8 Å². The molecule has 12 heteroatoms. The monoisotopic (exact) mass is 583 g/mol. The van der Waals surface area contributed by atoms with E-state index in [1.807, 2.05) is 0 Å². The molecule has 0 amide bonds. The second kappa shape index (κ2) is 11.1. The average Bonchev–Trinajstić information content (AvgIpc) is 3.16. The number of thiazole rings is 1. The van der Waals surface area contributed by atoms with Gasteiger partial charge < -0.3 is 15.5 Å². The number of aromatic nitrogens is 3. The first-order valence-corrected chi connectivity index (χ1v) is 18.0. The van der Waals surface area contributed by atoms with Crippen molar-refractivity contribution in [2.45, 2.75) is 82.5 Å². The molecular formula is C25H38ClN5O3S2Si. The molecular weight excluding hydrogens is 546 g/mol. The average molecular weight is 584 g/mol. The number of benzene rings is 1. The van der Waals surface area contributed by atoms with Gasteiger partial charge in [0.1, 0.15) is 4.70 Å². The van der Waals surface area contributed by atoms with Crippen LogP contribution in [0.1, 0.15) is 58.8 Å². The minimum Gasteiger partial charge on any atom is -0.415 e. The molecule has 0 aliphatic heterocycles. The number of anilines is 2. The number of nitrogens with one attached hydrogen (secondary N) is 1. The van der Waals surface area contributed by atoms with Crippen molar-refractivity contribution in [2.75, 3.05) is 17.7 Å². The van der Waals surface area contributed by atoms with E-state index >= 15 is 0 Å². The summed E-state index contributed by atoms with van der Waals surface area (Å²) >= 11 is 7.53. The van der Waals surface area contributed by atoms with Gasteiger partial charge in [0.25, 0.3) is 5.16 Å². The lowest BCUT2D eigenvalue weighted by Crippen LogP contribution is -2.44. The lowest BCUT2D eigenvalue weighted by atomic mass is 10.0. The van der Waals surface area contributed by atoms with Crippen molar-refractivity contribution < 1.29 is 12.8 Å². The van der Waals surface area contributed by atoms with Crippen molar-refractivity contribution in [3.63, 3.8) is 0 Å². The second-order valence-electron chi connectivity index (χ2n) is 11.3. The molecule has 204 valence electrons. The van der Waals surface area contributed by atoms with Crippen molar-refractivity contribution in [1.82, 2.24) is 15.0 Å². The van der Waals surface area contributed by atoms with Gasteiger partial charge in [0.05, 0.1) is 11.9 Å². The highest BCUT2D eigenvalue weighted by atomic mass is 35.5. The van der Waals surface area contributed by atoms with E-state index in [9.17, 15) is 8.42 Å². The fourth-order valence-electron chi connectivity index (χ4n) is 3.63. The number of halogens is 1. The molecule has 0 aliphatic rings. The van der Waals surface area contributed by atoms with Crippen LogP contribution in [0.5, 0.6) is 0 Å². The summed E-state index contributed by atoms with van der Waals surface area (Å²) in [7, 11) is -5.98. The quantitative estimate of drug-likeness (QED) is 0.200. The number of rotatable bonds is 10. The van der Waals surface area contributed by atoms with Crippen LogP contribution in [0, 0.1) is 5.92 Å². The van der Waals surface area contributed by atoms with Crippen LogP contribution in [-0.2, 0) is 14.3 Å². The SMILES string of the molecule is CC(C)C[C@H](CO[Si](C)(C)C(C)(C)C)Nc1nc(S(=O)(=O)C(C)c2ccccc2Cl)nc2nc(N)sc12. The van der Waals surface area contributed by atoms with E-state index in [-0.39, 0.29) is 21.9 Å². The third-order valence-electron chi connectivity index (χ3n) is 6.86. The molecule has 0 spiro atoms. The Morgan fingerprint density at radius 3 is 2.38 bits per heavy atom. The molecule has 3 rings (SSSR count). The zero-order chi connectivity index (χ0) is 27.8. The second-order valence-corrected chi connectivity index (χ2v) is 19.7. The molecule has 3 N–H and O–H groups in total. The summed E-state index contributed by atoms with van der Waals surface area (Å²) in [6, 6.07) is 6.78. The van der Waals surface area contributed by atoms with Gasteiger partial charge in [-0.3, -0.25) is 0 Å². The summed E-state index contributed by atoms with van der Waals surface area (Å²) in [6.45, 7) is 17.4. The van der Waals surface area contributed by atoms with Crippen LogP contribution >= 0.6 is 22.9 Å². The number of nitrogens with zero attached hydrogens (tertiary/aromatic N) is 3. The van der Waals surface area contributed by atoms with Gasteiger partial charge in [-0.2, -0.15) is 9.97 Å². The van der Waals surface area contributed by atoms with Crippen molar-refractivity contribution >= 4 is 62.4 Å². The van der Waals surface area contributed by atoms with Crippen molar-refractivity contribution in [3.05, 3.63) is 34.9 Å². The van der Waals surface area contributed by atoms with E-state index < -0.39 is 23.4 Å². The van der Waals surface area contributed by atoms with Gasteiger partial charge in [-0.05, 0) is 49.0 Å². The number of sulfone groups is 1. The molecule has 0 saturated heterocycles. The summed E-state index contributed by atoms with van der Waals surface area (Å²) in [5, 5.41) is 2.94. The molecule has 0 bridgehead atoms. The lowest BCUT2D eigenvalue weighted by molar-refractivity contribution is 0.257. The van der Waals surface area contributed by atoms with Crippen LogP contribution in [0.15, 0.2) is 29.4 Å². The van der Waals surface area contributed by atoms with Crippen LogP contribution in [0.25, 0.3) is 10.3 Å². The maximum absolute atomic E-state index is 13.6. The van der Waals surface area contributed by atoms with E-state index in [4.69, 9.17) is 21.8 Å². The molecule has 0 saturated carbocycles. The highest BCUT2D eigenvalue weighted by Gasteiger charge is 2.38. The Morgan fingerprint density at radius 2 is 1.78 bits per heavy atom. The minimum absolute atomic E-state index is 0.0692. The number of nitrogen functional groups attached to an aromatic ring is 1. The molecule has 2 aromatic heterocycles. The molecule has 0 aliphatic carbocycles. The predicted molar refractivity (Wildman–Crippen MR) is 157 cm³/mol. The minimum atomic E-state index is -3.98. The third kappa shape index (κ3) is 6.81. The summed E-state index contributed by atoms with van der Waals surface area (Å²) < 4.78 is 34.4.